The molecule has 9 heteroatoms. The van der Waals surface area contributed by atoms with Crippen molar-refractivity contribution in [1.29, 1.82) is 0 Å². The summed E-state index contributed by atoms with van der Waals surface area (Å²) in [7, 11) is 3.19. The highest BCUT2D eigenvalue weighted by Gasteiger charge is 2.41. The van der Waals surface area contributed by atoms with Crippen LogP contribution in [0.5, 0.6) is 5.75 Å². The molecule has 2 aliphatic heterocycles. The van der Waals surface area contributed by atoms with E-state index in [1.807, 2.05) is 9.58 Å². The van der Waals surface area contributed by atoms with Gasteiger partial charge in [0.1, 0.15) is 11.4 Å². The molecule has 1 saturated heterocycles. The van der Waals surface area contributed by atoms with Crippen LogP contribution in [0.4, 0.5) is 0 Å². The summed E-state index contributed by atoms with van der Waals surface area (Å²) in [5.74, 6) is 0.454. The van der Waals surface area contributed by atoms with Gasteiger partial charge in [0.25, 0.3) is 5.91 Å². The van der Waals surface area contributed by atoms with E-state index >= 15 is 0 Å². The number of ether oxygens (including phenoxy) is 3. The standard InChI is InChI=1S/C19H23ClN4O4/c1-26-10-15-16-11-28-19(12-24(16)22-21-15)5-7-23(8-6-19)18(25)14-9-13(20)3-4-17(14)27-2/h3-4,9H,5-8,10-12H2,1-2H3. The first-order chi connectivity index (χ1) is 13.5. The van der Waals surface area contributed by atoms with E-state index in [0.29, 0.717) is 49.2 Å². The predicted molar refractivity (Wildman–Crippen MR) is 101 cm³/mol. The van der Waals surface area contributed by atoms with Gasteiger partial charge in [0.15, 0.2) is 0 Å². The number of likely N-dealkylation sites (tertiary alicyclic amines) is 1. The van der Waals surface area contributed by atoms with Crippen LogP contribution in [0.15, 0.2) is 18.2 Å². The van der Waals surface area contributed by atoms with Crippen LogP contribution in [-0.2, 0) is 29.2 Å². The molecule has 1 aromatic carbocycles. The van der Waals surface area contributed by atoms with Crippen LogP contribution in [0.3, 0.4) is 0 Å². The number of nitrogens with zero attached hydrogens (tertiary/aromatic N) is 4. The van der Waals surface area contributed by atoms with Gasteiger partial charge in [0.05, 0.1) is 43.7 Å². The van der Waals surface area contributed by atoms with Crippen molar-refractivity contribution in [2.24, 2.45) is 0 Å². The molecule has 1 spiro atoms. The zero-order chi connectivity index (χ0) is 19.7. The van der Waals surface area contributed by atoms with Crippen molar-refractivity contribution in [2.75, 3.05) is 27.3 Å². The first kappa shape index (κ1) is 19.2. The average Bonchev–Trinajstić information content (AvgIpc) is 3.10. The van der Waals surface area contributed by atoms with Gasteiger partial charge in [-0.05, 0) is 31.0 Å². The lowest BCUT2D eigenvalue weighted by Crippen LogP contribution is -2.52. The van der Waals surface area contributed by atoms with Gasteiger partial charge in [-0.15, -0.1) is 5.10 Å². The van der Waals surface area contributed by atoms with Crippen LogP contribution in [0.2, 0.25) is 5.02 Å². The van der Waals surface area contributed by atoms with Crippen LogP contribution in [0.25, 0.3) is 0 Å². The lowest BCUT2D eigenvalue weighted by molar-refractivity contribution is -0.120. The summed E-state index contributed by atoms with van der Waals surface area (Å²) >= 11 is 6.07. The number of carbonyl (C=O) groups is 1. The first-order valence-corrected chi connectivity index (χ1v) is 9.60. The molecule has 0 unspecified atom stereocenters. The molecule has 0 aliphatic carbocycles. The minimum Gasteiger partial charge on any atom is -0.496 e. The molecule has 8 nitrogen and oxygen atoms in total. The van der Waals surface area contributed by atoms with Gasteiger partial charge >= 0.3 is 0 Å². The Morgan fingerprint density at radius 3 is 2.82 bits per heavy atom. The summed E-state index contributed by atoms with van der Waals surface area (Å²) in [6.45, 7) is 2.73. The fourth-order valence-electron chi connectivity index (χ4n) is 3.88. The molecule has 0 N–H and O–H groups in total. The Hall–Kier alpha value is -2.16. The van der Waals surface area contributed by atoms with E-state index in [-0.39, 0.29) is 11.5 Å². The van der Waals surface area contributed by atoms with Gasteiger partial charge in [-0.2, -0.15) is 0 Å². The molecule has 150 valence electrons. The Labute approximate surface area is 168 Å². The maximum Gasteiger partial charge on any atom is 0.257 e. The molecule has 1 aromatic heterocycles. The quantitative estimate of drug-likeness (QED) is 0.775. The van der Waals surface area contributed by atoms with Crippen molar-refractivity contribution in [3.63, 3.8) is 0 Å². The maximum atomic E-state index is 13.0. The smallest absolute Gasteiger partial charge is 0.257 e. The molecule has 0 bridgehead atoms. The number of halogens is 1. The van der Waals surface area contributed by atoms with Crippen molar-refractivity contribution in [1.82, 2.24) is 19.9 Å². The van der Waals surface area contributed by atoms with Crippen molar-refractivity contribution in [2.45, 2.75) is 38.2 Å². The molecule has 28 heavy (non-hydrogen) atoms. The number of aromatic nitrogens is 3. The minimum absolute atomic E-state index is 0.0752. The zero-order valence-corrected chi connectivity index (χ0v) is 16.7. The largest absolute Gasteiger partial charge is 0.496 e. The number of benzene rings is 1. The third-order valence-corrected chi connectivity index (χ3v) is 5.74. The fraction of sp³-hybridized carbons (Fsp3) is 0.526. The van der Waals surface area contributed by atoms with Crippen molar-refractivity contribution >= 4 is 17.5 Å². The van der Waals surface area contributed by atoms with Crippen molar-refractivity contribution in [3.8, 4) is 5.75 Å². The van der Waals surface area contributed by atoms with Gasteiger partial charge in [0.2, 0.25) is 0 Å². The van der Waals surface area contributed by atoms with Crippen molar-refractivity contribution < 1.29 is 19.0 Å². The summed E-state index contributed by atoms with van der Waals surface area (Å²) in [6.07, 6.45) is 1.47. The molecule has 0 radical (unpaired) electrons. The summed E-state index contributed by atoms with van der Waals surface area (Å²) in [6, 6.07) is 5.09. The van der Waals surface area contributed by atoms with Gasteiger partial charge in [-0.25, -0.2) is 4.68 Å². The van der Waals surface area contributed by atoms with Crippen LogP contribution in [0.1, 0.15) is 34.6 Å². The highest BCUT2D eigenvalue weighted by molar-refractivity contribution is 6.31. The number of hydrogen-bond donors (Lipinski definition) is 0. The summed E-state index contributed by atoms with van der Waals surface area (Å²) in [5, 5.41) is 8.96. The second kappa shape index (κ2) is 7.69. The Morgan fingerprint density at radius 2 is 2.11 bits per heavy atom. The second-order valence-electron chi connectivity index (χ2n) is 7.18. The van der Waals surface area contributed by atoms with Gasteiger partial charge in [-0.1, -0.05) is 16.8 Å². The Bertz CT molecular complexity index is 877. The monoisotopic (exact) mass is 406 g/mol. The Balaban J connectivity index is 1.45. The summed E-state index contributed by atoms with van der Waals surface area (Å²) in [5.41, 5.74) is 1.95. The predicted octanol–water partition coefficient (Wildman–Crippen LogP) is 2.29. The lowest BCUT2D eigenvalue weighted by Gasteiger charge is -2.43. The number of amides is 1. The highest BCUT2D eigenvalue weighted by atomic mass is 35.5. The molecular formula is C19H23ClN4O4. The van der Waals surface area contributed by atoms with Crippen LogP contribution in [0, 0.1) is 0 Å². The Morgan fingerprint density at radius 1 is 1.32 bits per heavy atom. The third kappa shape index (κ3) is 3.47. The number of hydrogen-bond acceptors (Lipinski definition) is 6. The van der Waals surface area contributed by atoms with Crippen molar-refractivity contribution in [3.05, 3.63) is 40.2 Å². The van der Waals surface area contributed by atoms with E-state index in [0.717, 1.165) is 24.2 Å². The molecular weight excluding hydrogens is 384 g/mol. The van der Waals surface area contributed by atoms with Gasteiger partial charge in [-0.3, -0.25) is 4.79 Å². The molecule has 0 atom stereocenters. The van der Waals surface area contributed by atoms with Gasteiger partial charge < -0.3 is 19.1 Å². The molecule has 4 rings (SSSR count). The van der Waals surface area contributed by atoms with E-state index in [9.17, 15) is 4.79 Å². The van der Waals surface area contributed by atoms with Crippen LogP contribution in [-0.4, -0.2) is 58.7 Å². The van der Waals surface area contributed by atoms with Crippen LogP contribution >= 0.6 is 11.6 Å². The Kier molecular flexibility index (Phi) is 5.27. The SMILES string of the molecule is COCc1nnn2c1COC1(CCN(C(=O)c3cc(Cl)ccc3OC)CC1)C2. The van der Waals surface area contributed by atoms with E-state index in [1.165, 1.54) is 0 Å². The van der Waals surface area contributed by atoms with Gasteiger partial charge in [0, 0.05) is 25.2 Å². The highest BCUT2D eigenvalue weighted by Crippen LogP contribution is 2.34. The zero-order valence-electron chi connectivity index (χ0n) is 16.0. The summed E-state index contributed by atoms with van der Waals surface area (Å²) < 4.78 is 18.6. The first-order valence-electron chi connectivity index (χ1n) is 9.22. The number of rotatable bonds is 4. The second-order valence-corrected chi connectivity index (χ2v) is 7.62. The third-order valence-electron chi connectivity index (χ3n) is 5.51. The molecule has 0 saturated carbocycles. The summed E-state index contributed by atoms with van der Waals surface area (Å²) in [4.78, 5) is 14.8. The van der Waals surface area contributed by atoms with E-state index < -0.39 is 0 Å². The lowest BCUT2D eigenvalue weighted by atomic mass is 9.89. The topological polar surface area (TPSA) is 78.7 Å². The molecule has 1 amide bonds. The number of piperidine rings is 1. The fourth-order valence-corrected chi connectivity index (χ4v) is 4.05. The van der Waals surface area contributed by atoms with E-state index in [1.54, 1.807) is 32.4 Å². The van der Waals surface area contributed by atoms with E-state index in [4.69, 9.17) is 25.8 Å². The molecule has 3 heterocycles. The number of fused-ring (bicyclic) bond motifs is 1. The minimum atomic E-state index is -0.319. The molecule has 2 aliphatic rings. The maximum absolute atomic E-state index is 13.0. The molecule has 2 aromatic rings. The van der Waals surface area contributed by atoms with E-state index in [2.05, 4.69) is 10.3 Å². The molecule has 1 fully saturated rings. The number of carbonyl (C=O) groups excluding carboxylic acids is 1. The number of methoxy groups -OCH3 is 2. The average molecular weight is 407 g/mol. The van der Waals surface area contributed by atoms with Crippen LogP contribution < -0.4 is 4.74 Å². The normalized spacial score (nSPS) is 18.2.